The van der Waals surface area contributed by atoms with Gasteiger partial charge in [0.05, 0.1) is 17.5 Å². The molecule has 150 valence electrons. The van der Waals surface area contributed by atoms with Gasteiger partial charge in [0, 0.05) is 19.3 Å². The number of aromatic nitrogens is 1. The zero-order valence-corrected chi connectivity index (χ0v) is 16.0. The Kier molecular flexibility index (Phi) is 5.57. The molecule has 2 aliphatic heterocycles. The first-order valence-corrected chi connectivity index (χ1v) is 9.78. The summed E-state index contributed by atoms with van der Waals surface area (Å²) in [5.74, 6) is -0.958. The number of allylic oxidation sites excluding steroid dienone is 1. The number of likely N-dealkylation sites (tertiary alicyclic amines) is 1. The first-order chi connectivity index (χ1) is 14.1. The lowest BCUT2D eigenvalue weighted by Gasteiger charge is -2.27. The summed E-state index contributed by atoms with van der Waals surface area (Å²) in [5.41, 5.74) is 0.610. The number of aliphatic hydroxyl groups is 1. The predicted molar refractivity (Wildman–Crippen MR) is 107 cm³/mol. The molecule has 2 aromatic heterocycles. The Morgan fingerprint density at radius 1 is 1.21 bits per heavy atom. The Labute approximate surface area is 168 Å². The molecule has 0 bridgehead atoms. The lowest BCUT2D eigenvalue weighted by molar-refractivity contribution is -0.129. The summed E-state index contributed by atoms with van der Waals surface area (Å²) in [7, 11) is 0. The van der Waals surface area contributed by atoms with Gasteiger partial charge in [0.2, 0.25) is 0 Å². The minimum absolute atomic E-state index is 0.0536. The molecule has 1 unspecified atom stereocenters. The summed E-state index contributed by atoms with van der Waals surface area (Å²) >= 11 is 0. The fourth-order valence-corrected chi connectivity index (χ4v) is 3.87. The zero-order valence-electron chi connectivity index (χ0n) is 16.0. The second-order valence-corrected chi connectivity index (χ2v) is 7.18. The standard InChI is InChI=1S/C22H23N3O4/c26-18(9-8-16-6-5-15-29-16)19-20(17-7-1-2-10-23-17)25(22(28)21(19)27)14-13-24-11-3-4-12-24/h1-2,5-10,15,20,27H,3-4,11-14H2/b9-8+. The van der Waals surface area contributed by atoms with Crippen LogP contribution in [0.3, 0.4) is 0 Å². The average molecular weight is 393 g/mol. The molecule has 4 heterocycles. The van der Waals surface area contributed by atoms with Gasteiger partial charge >= 0.3 is 0 Å². The summed E-state index contributed by atoms with van der Waals surface area (Å²) < 4.78 is 5.21. The molecule has 29 heavy (non-hydrogen) atoms. The van der Waals surface area contributed by atoms with E-state index in [1.165, 1.54) is 18.4 Å². The third-order valence-electron chi connectivity index (χ3n) is 5.34. The number of carbonyl (C=O) groups is 2. The van der Waals surface area contributed by atoms with Crippen molar-refractivity contribution in [1.29, 1.82) is 0 Å². The SMILES string of the molecule is O=C(/C=C/c1ccco1)C1=C(O)C(=O)N(CCN2CCCC2)C1c1ccccn1. The van der Waals surface area contributed by atoms with Crippen LogP contribution in [0.2, 0.25) is 0 Å². The highest BCUT2D eigenvalue weighted by Gasteiger charge is 2.43. The van der Waals surface area contributed by atoms with Crippen molar-refractivity contribution in [3.05, 3.63) is 71.7 Å². The van der Waals surface area contributed by atoms with E-state index in [1.54, 1.807) is 35.4 Å². The number of rotatable bonds is 7. The average Bonchev–Trinajstić information content (AvgIpc) is 3.49. The van der Waals surface area contributed by atoms with E-state index in [4.69, 9.17) is 4.42 Å². The maximum atomic E-state index is 12.9. The topological polar surface area (TPSA) is 86.9 Å². The van der Waals surface area contributed by atoms with E-state index in [-0.39, 0.29) is 5.57 Å². The minimum atomic E-state index is -0.708. The lowest BCUT2D eigenvalue weighted by Crippen LogP contribution is -2.38. The maximum absolute atomic E-state index is 12.9. The molecule has 0 aromatic carbocycles. The van der Waals surface area contributed by atoms with Gasteiger partial charge in [-0.2, -0.15) is 0 Å². The molecular weight excluding hydrogens is 370 g/mol. The van der Waals surface area contributed by atoms with Crippen LogP contribution >= 0.6 is 0 Å². The minimum Gasteiger partial charge on any atom is -0.503 e. The van der Waals surface area contributed by atoms with E-state index in [0.29, 0.717) is 24.5 Å². The second kappa shape index (κ2) is 8.45. The van der Waals surface area contributed by atoms with Gasteiger partial charge in [-0.05, 0) is 62.3 Å². The van der Waals surface area contributed by atoms with Crippen LogP contribution < -0.4 is 0 Å². The number of hydrogen-bond acceptors (Lipinski definition) is 6. The number of ketones is 1. The number of amides is 1. The molecule has 7 nitrogen and oxygen atoms in total. The van der Waals surface area contributed by atoms with Crippen LogP contribution in [0.5, 0.6) is 0 Å². The van der Waals surface area contributed by atoms with Crippen LogP contribution in [0.15, 0.2) is 64.6 Å². The largest absolute Gasteiger partial charge is 0.503 e. The molecule has 0 radical (unpaired) electrons. The lowest BCUT2D eigenvalue weighted by atomic mass is 9.99. The fraction of sp³-hybridized carbons (Fsp3) is 0.318. The Hall–Kier alpha value is -3.19. The van der Waals surface area contributed by atoms with E-state index in [9.17, 15) is 14.7 Å². The van der Waals surface area contributed by atoms with E-state index < -0.39 is 23.5 Å². The third-order valence-corrected chi connectivity index (χ3v) is 5.34. The van der Waals surface area contributed by atoms with Crippen molar-refractivity contribution in [2.24, 2.45) is 0 Å². The maximum Gasteiger partial charge on any atom is 0.290 e. The van der Waals surface area contributed by atoms with Gasteiger partial charge in [-0.25, -0.2) is 0 Å². The predicted octanol–water partition coefficient (Wildman–Crippen LogP) is 2.75. The first-order valence-electron chi connectivity index (χ1n) is 9.78. The summed E-state index contributed by atoms with van der Waals surface area (Å²) in [5, 5.41) is 10.5. The highest BCUT2D eigenvalue weighted by Crippen LogP contribution is 2.37. The molecule has 1 N–H and O–H groups in total. The summed E-state index contributed by atoms with van der Waals surface area (Å²) in [4.78, 5) is 33.9. The fourth-order valence-electron chi connectivity index (χ4n) is 3.87. The van der Waals surface area contributed by atoms with Crippen molar-refractivity contribution in [3.8, 4) is 0 Å². The van der Waals surface area contributed by atoms with Crippen LogP contribution in [-0.4, -0.2) is 57.8 Å². The van der Waals surface area contributed by atoms with Crippen LogP contribution in [0.1, 0.15) is 30.3 Å². The van der Waals surface area contributed by atoms with Crippen LogP contribution in [-0.2, 0) is 9.59 Å². The number of aliphatic hydroxyl groups excluding tert-OH is 1. The molecule has 2 aromatic rings. The normalized spacial score (nSPS) is 20.3. The van der Waals surface area contributed by atoms with Crippen molar-refractivity contribution in [1.82, 2.24) is 14.8 Å². The summed E-state index contributed by atoms with van der Waals surface area (Å²) in [6.07, 6.45) is 8.28. The van der Waals surface area contributed by atoms with Gasteiger partial charge in [-0.3, -0.25) is 14.6 Å². The smallest absolute Gasteiger partial charge is 0.290 e. The molecule has 0 aliphatic carbocycles. The highest BCUT2D eigenvalue weighted by molar-refractivity contribution is 6.14. The van der Waals surface area contributed by atoms with Gasteiger partial charge in [0.1, 0.15) is 11.8 Å². The second-order valence-electron chi connectivity index (χ2n) is 7.18. The number of hydrogen-bond donors (Lipinski definition) is 1. The van der Waals surface area contributed by atoms with E-state index in [2.05, 4.69) is 9.88 Å². The van der Waals surface area contributed by atoms with Gasteiger partial charge in [-0.1, -0.05) is 6.07 Å². The first kappa shape index (κ1) is 19.1. The van der Waals surface area contributed by atoms with Crippen molar-refractivity contribution in [2.75, 3.05) is 26.2 Å². The van der Waals surface area contributed by atoms with Gasteiger partial charge in [0.25, 0.3) is 5.91 Å². The highest BCUT2D eigenvalue weighted by atomic mass is 16.3. The van der Waals surface area contributed by atoms with E-state index in [0.717, 1.165) is 25.9 Å². The van der Waals surface area contributed by atoms with Crippen LogP contribution in [0, 0.1) is 0 Å². The van der Waals surface area contributed by atoms with E-state index in [1.807, 2.05) is 6.07 Å². The monoisotopic (exact) mass is 393 g/mol. The van der Waals surface area contributed by atoms with Crippen molar-refractivity contribution in [2.45, 2.75) is 18.9 Å². The van der Waals surface area contributed by atoms with Gasteiger partial charge in [-0.15, -0.1) is 0 Å². The van der Waals surface area contributed by atoms with Gasteiger partial charge < -0.3 is 19.3 Å². The molecule has 1 atom stereocenters. The molecule has 4 rings (SSSR count). The number of carbonyl (C=O) groups excluding carboxylic acids is 2. The molecule has 1 amide bonds. The van der Waals surface area contributed by atoms with Crippen LogP contribution in [0.25, 0.3) is 6.08 Å². The number of nitrogens with zero attached hydrogens (tertiary/aromatic N) is 3. The Balaban J connectivity index is 1.62. The van der Waals surface area contributed by atoms with Crippen LogP contribution in [0.4, 0.5) is 0 Å². The molecule has 2 aliphatic rings. The van der Waals surface area contributed by atoms with Crippen molar-refractivity contribution < 1.29 is 19.1 Å². The molecule has 1 saturated heterocycles. The summed E-state index contributed by atoms with van der Waals surface area (Å²) in [6.45, 7) is 3.13. The number of furan rings is 1. The van der Waals surface area contributed by atoms with E-state index >= 15 is 0 Å². The third kappa shape index (κ3) is 4.00. The molecule has 0 spiro atoms. The quantitative estimate of drug-likeness (QED) is 0.728. The van der Waals surface area contributed by atoms with Gasteiger partial charge in [0.15, 0.2) is 11.5 Å². The molecule has 7 heteroatoms. The Morgan fingerprint density at radius 3 is 2.72 bits per heavy atom. The zero-order chi connectivity index (χ0) is 20.2. The van der Waals surface area contributed by atoms with Crippen molar-refractivity contribution >= 4 is 17.8 Å². The Bertz CT molecular complexity index is 928. The van der Waals surface area contributed by atoms with Crippen molar-refractivity contribution in [3.63, 3.8) is 0 Å². The summed E-state index contributed by atoms with van der Waals surface area (Å²) in [6, 6.07) is 8.08. The molecule has 0 saturated carbocycles. The Morgan fingerprint density at radius 2 is 2.03 bits per heavy atom. The number of pyridine rings is 1. The molecular formula is C22H23N3O4. The molecule has 1 fully saturated rings.